The molecule has 0 bridgehead atoms. The maximum atomic E-state index is 11.4. The third-order valence-corrected chi connectivity index (χ3v) is 3.05. The number of nitrogens with zero attached hydrogens (tertiary/aromatic N) is 2. The van der Waals surface area contributed by atoms with Crippen molar-refractivity contribution in [1.82, 2.24) is 0 Å². The smallest absolute Gasteiger partial charge is 0.282 e. The molecule has 0 heterocycles. The highest BCUT2D eigenvalue weighted by molar-refractivity contribution is 5.98. The van der Waals surface area contributed by atoms with Crippen molar-refractivity contribution in [2.45, 2.75) is 26.8 Å². The number of carbonyl (C=O) groups is 1. The molecule has 0 aromatic heterocycles. The Labute approximate surface area is 118 Å². The zero-order valence-corrected chi connectivity index (χ0v) is 12.3. The third kappa shape index (κ3) is 3.77. The molecule has 0 fully saturated rings. The summed E-state index contributed by atoms with van der Waals surface area (Å²) >= 11 is 0. The Morgan fingerprint density at radius 1 is 1.45 bits per heavy atom. The Kier molecular flexibility index (Phi) is 5.64. The summed E-state index contributed by atoms with van der Waals surface area (Å²) in [4.78, 5) is 24.0. The highest BCUT2D eigenvalue weighted by Crippen LogP contribution is 2.27. The fourth-order valence-corrected chi connectivity index (χ4v) is 2.02. The van der Waals surface area contributed by atoms with Crippen molar-refractivity contribution in [3.05, 3.63) is 33.9 Å². The molecule has 0 aliphatic heterocycles. The van der Waals surface area contributed by atoms with Gasteiger partial charge >= 0.3 is 0 Å². The summed E-state index contributed by atoms with van der Waals surface area (Å²) in [6, 6.07) is 4.87. The van der Waals surface area contributed by atoms with Crippen LogP contribution in [0.15, 0.2) is 18.2 Å². The van der Waals surface area contributed by atoms with Crippen molar-refractivity contribution in [2.75, 3.05) is 25.2 Å². The van der Waals surface area contributed by atoms with Crippen molar-refractivity contribution in [1.29, 1.82) is 0 Å². The molecule has 0 aliphatic rings. The molecule has 0 saturated heterocycles. The molecule has 1 aromatic rings. The van der Waals surface area contributed by atoms with Crippen molar-refractivity contribution in [2.24, 2.45) is 0 Å². The number of nitro benzene ring substituents is 1. The van der Waals surface area contributed by atoms with E-state index in [2.05, 4.69) is 0 Å². The van der Waals surface area contributed by atoms with Gasteiger partial charge < -0.3 is 9.64 Å². The van der Waals surface area contributed by atoms with Crippen molar-refractivity contribution >= 4 is 17.2 Å². The largest absolute Gasteiger partial charge is 0.383 e. The predicted molar refractivity (Wildman–Crippen MR) is 77.5 cm³/mol. The highest BCUT2D eigenvalue weighted by atomic mass is 16.6. The molecule has 1 rings (SSSR count). The molecule has 0 radical (unpaired) electrons. The Morgan fingerprint density at radius 2 is 2.10 bits per heavy atom. The lowest BCUT2D eigenvalue weighted by atomic mass is 10.1. The molecule has 6 nitrogen and oxygen atoms in total. The van der Waals surface area contributed by atoms with Crippen molar-refractivity contribution < 1.29 is 14.5 Å². The number of Topliss-reactive ketones (excluding diaryl/α,β-unsaturated/α-hetero) is 1. The van der Waals surface area contributed by atoms with Gasteiger partial charge in [-0.15, -0.1) is 0 Å². The first-order valence-corrected chi connectivity index (χ1v) is 6.43. The van der Waals surface area contributed by atoms with E-state index in [1.54, 1.807) is 13.2 Å². The zero-order valence-electron chi connectivity index (χ0n) is 12.3. The fraction of sp³-hybridized carbons (Fsp3) is 0.500. The van der Waals surface area contributed by atoms with Gasteiger partial charge in [-0.05, 0) is 32.9 Å². The Morgan fingerprint density at radius 3 is 2.55 bits per heavy atom. The first-order valence-electron chi connectivity index (χ1n) is 6.43. The topological polar surface area (TPSA) is 72.7 Å². The normalized spacial score (nSPS) is 10.7. The van der Waals surface area contributed by atoms with E-state index in [0.717, 1.165) is 0 Å². The van der Waals surface area contributed by atoms with Gasteiger partial charge in [0.1, 0.15) is 0 Å². The lowest BCUT2D eigenvalue weighted by Gasteiger charge is -2.28. The summed E-state index contributed by atoms with van der Waals surface area (Å²) in [6.07, 6.45) is 0. The van der Waals surface area contributed by atoms with E-state index in [1.165, 1.54) is 19.1 Å². The second kappa shape index (κ2) is 7.00. The van der Waals surface area contributed by atoms with E-state index >= 15 is 0 Å². The van der Waals surface area contributed by atoms with Crippen LogP contribution in [-0.4, -0.2) is 37.0 Å². The van der Waals surface area contributed by atoms with Gasteiger partial charge in [0.25, 0.3) is 5.69 Å². The molecule has 20 heavy (non-hydrogen) atoms. The Bertz CT molecular complexity index is 500. The van der Waals surface area contributed by atoms with E-state index < -0.39 is 4.92 Å². The summed E-state index contributed by atoms with van der Waals surface area (Å²) in [7, 11) is 1.61. The molecule has 0 unspecified atom stereocenters. The SMILES string of the molecule is COCCN(c1ccc(C(C)=O)c([N+](=O)[O-])c1)C(C)C. The van der Waals surface area contributed by atoms with Gasteiger partial charge in [0.15, 0.2) is 5.78 Å². The first-order chi connectivity index (χ1) is 9.38. The van der Waals surface area contributed by atoms with E-state index in [1.807, 2.05) is 18.7 Å². The van der Waals surface area contributed by atoms with Gasteiger partial charge in [-0.3, -0.25) is 14.9 Å². The average Bonchev–Trinajstić information content (AvgIpc) is 2.38. The number of nitro groups is 1. The Hall–Kier alpha value is -1.95. The molecule has 110 valence electrons. The van der Waals surface area contributed by atoms with Crippen LogP contribution in [0.3, 0.4) is 0 Å². The van der Waals surface area contributed by atoms with Crippen LogP contribution in [0, 0.1) is 10.1 Å². The monoisotopic (exact) mass is 280 g/mol. The number of ketones is 1. The summed E-state index contributed by atoms with van der Waals surface area (Å²) < 4.78 is 5.05. The fourth-order valence-electron chi connectivity index (χ4n) is 2.02. The number of hydrogen-bond acceptors (Lipinski definition) is 5. The molecule has 0 atom stereocenters. The van der Waals surface area contributed by atoms with Gasteiger partial charge in [0, 0.05) is 31.5 Å². The van der Waals surface area contributed by atoms with Crippen molar-refractivity contribution in [3.63, 3.8) is 0 Å². The molecule has 6 heteroatoms. The van der Waals surface area contributed by atoms with Crippen LogP contribution in [0.5, 0.6) is 0 Å². The minimum Gasteiger partial charge on any atom is -0.383 e. The number of methoxy groups -OCH3 is 1. The van der Waals surface area contributed by atoms with Crippen molar-refractivity contribution in [3.8, 4) is 0 Å². The number of carbonyl (C=O) groups excluding carboxylic acids is 1. The first kappa shape index (κ1) is 16.1. The summed E-state index contributed by atoms with van der Waals surface area (Å²) in [5.41, 5.74) is 0.695. The predicted octanol–water partition coefficient (Wildman–Crippen LogP) is 2.66. The minimum absolute atomic E-state index is 0.134. The van der Waals surface area contributed by atoms with E-state index in [-0.39, 0.29) is 23.1 Å². The van der Waals surface area contributed by atoms with Gasteiger partial charge in [-0.25, -0.2) is 0 Å². The van der Waals surface area contributed by atoms with Gasteiger partial charge in [0.2, 0.25) is 0 Å². The van der Waals surface area contributed by atoms with Crippen LogP contribution in [0.2, 0.25) is 0 Å². The molecule has 0 spiro atoms. The zero-order chi connectivity index (χ0) is 15.3. The van der Waals surface area contributed by atoms with Crippen LogP contribution in [0.4, 0.5) is 11.4 Å². The lowest BCUT2D eigenvalue weighted by Crippen LogP contribution is -2.33. The standard InChI is InChI=1S/C14H20N2O4/c1-10(2)15(7-8-20-4)12-5-6-13(11(3)17)14(9-12)16(18)19/h5-6,9-10H,7-8H2,1-4H3. The number of rotatable bonds is 7. The van der Waals surface area contributed by atoms with Crippen LogP contribution < -0.4 is 4.90 Å². The molecule has 1 aromatic carbocycles. The number of ether oxygens (including phenoxy) is 1. The molecule has 0 amide bonds. The average molecular weight is 280 g/mol. The summed E-state index contributed by atoms with van der Waals surface area (Å²) in [5, 5.41) is 11.1. The maximum Gasteiger partial charge on any atom is 0.282 e. The number of anilines is 1. The number of benzene rings is 1. The molecule has 0 saturated carbocycles. The van der Waals surface area contributed by atoms with Gasteiger partial charge in [0.05, 0.1) is 17.1 Å². The molecular weight excluding hydrogens is 260 g/mol. The summed E-state index contributed by atoms with van der Waals surface area (Å²) in [6.45, 7) is 6.49. The Balaban J connectivity index is 3.20. The maximum absolute atomic E-state index is 11.4. The number of hydrogen-bond donors (Lipinski definition) is 0. The van der Waals surface area contributed by atoms with Crippen LogP contribution in [0.25, 0.3) is 0 Å². The van der Waals surface area contributed by atoms with Gasteiger partial charge in [-0.1, -0.05) is 0 Å². The second-order valence-corrected chi connectivity index (χ2v) is 4.79. The van der Waals surface area contributed by atoms with Crippen LogP contribution in [0.1, 0.15) is 31.1 Å². The van der Waals surface area contributed by atoms with Crippen LogP contribution in [-0.2, 0) is 4.74 Å². The molecular formula is C14H20N2O4. The lowest BCUT2D eigenvalue weighted by molar-refractivity contribution is -0.385. The third-order valence-electron chi connectivity index (χ3n) is 3.05. The second-order valence-electron chi connectivity index (χ2n) is 4.79. The molecule has 0 aliphatic carbocycles. The van der Waals surface area contributed by atoms with E-state index in [4.69, 9.17) is 4.74 Å². The van der Waals surface area contributed by atoms with Crippen LogP contribution >= 0.6 is 0 Å². The van der Waals surface area contributed by atoms with E-state index in [0.29, 0.717) is 18.8 Å². The van der Waals surface area contributed by atoms with Gasteiger partial charge in [-0.2, -0.15) is 0 Å². The van der Waals surface area contributed by atoms with E-state index in [9.17, 15) is 14.9 Å². The molecule has 0 N–H and O–H groups in total. The quantitative estimate of drug-likeness (QED) is 0.436. The highest BCUT2D eigenvalue weighted by Gasteiger charge is 2.20. The summed E-state index contributed by atoms with van der Waals surface area (Å²) in [5.74, 6) is -0.309. The minimum atomic E-state index is -0.519.